The van der Waals surface area contributed by atoms with E-state index in [-0.39, 0.29) is 5.56 Å². The maximum absolute atomic E-state index is 12.3. The van der Waals surface area contributed by atoms with Crippen molar-refractivity contribution in [3.63, 3.8) is 0 Å². The van der Waals surface area contributed by atoms with Crippen LogP contribution in [0.3, 0.4) is 0 Å². The van der Waals surface area contributed by atoms with Gasteiger partial charge in [0.1, 0.15) is 11.3 Å². The zero-order valence-electron chi connectivity index (χ0n) is 13.3. The molecule has 0 aliphatic heterocycles. The fourth-order valence-electron chi connectivity index (χ4n) is 2.45. The van der Waals surface area contributed by atoms with Crippen molar-refractivity contribution in [3.05, 3.63) is 78.0 Å². The van der Waals surface area contributed by atoms with Gasteiger partial charge in [-0.25, -0.2) is 13.6 Å². The van der Waals surface area contributed by atoms with Crippen LogP contribution in [0.2, 0.25) is 0 Å². The summed E-state index contributed by atoms with van der Waals surface area (Å²) in [6.45, 7) is -0.472. The first-order valence-corrected chi connectivity index (χ1v) is 7.75. The lowest BCUT2D eigenvalue weighted by Gasteiger charge is -2.04. The summed E-state index contributed by atoms with van der Waals surface area (Å²) in [5, 5.41) is 4.45. The number of rotatable bonds is 6. The lowest BCUT2D eigenvalue weighted by atomic mass is 10.1. The van der Waals surface area contributed by atoms with Crippen LogP contribution in [0.25, 0.3) is 11.3 Å². The van der Waals surface area contributed by atoms with E-state index in [1.807, 2.05) is 48.5 Å². The number of carbonyl (C=O) groups excluding carboxylic acids is 1. The number of aromatic nitrogens is 2. The second-order valence-electron chi connectivity index (χ2n) is 5.43. The first-order valence-electron chi connectivity index (χ1n) is 7.75. The summed E-state index contributed by atoms with van der Waals surface area (Å²) in [4.78, 5) is 12.2. The molecule has 3 rings (SSSR count). The second-order valence-corrected chi connectivity index (χ2v) is 5.43. The van der Waals surface area contributed by atoms with Crippen molar-refractivity contribution in [2.45, 2.75) is 13.0 Å². The molecule has 2 aromatic carbocycles. The maximum atomic E-state index is 12.3. The first kappa shape index (κ1) is 16.8. The first-order chi connectivity index (χ1) is 12.1. The molecule has 0 aliphatic carbocycles. The van der Waals surface area contributed by atoms with E-state index >= 15 is 0 Å². The van der Waals surface area contributed by atoms with Crippen LogP contribution >= 0.6 is 0 Å². The molecule has 0 amide bonds. The topological polar surface area (TPSA) is 44.1 Å². The molecule has 0 aliphatic rings. The molecule has 0 fully saturated rings. The van der Waals surface area contributed by atoms with Gasteiger partial charge in [-0.15, -0.1) is 0 Å². The molecule has 1 heterocycles. The van der Waals surface area contributed by atoms with E-state index in [9.17, 15) is 13.6 Å². The van der Waals surface area contributed by atoms with E-state index in [2.05, 4.69) is 9.84 Å². The number of ether oxygens (including phenoxy) is 1. The maximum Gasteiger partial charge on any atom is 0.342 e. The fraction of sp³-hybridized carbons (Fsp3) is 0.158. The van der Waals surface area contributed by atoms with Gasteiger partial charge in [0.25, 0.3) is 6.43 Å². The molecular weight excluding hydrogens is 326 g/mol. The summed E-state index contributed by atoms with van der Waals surface area (Å²) < 4.78 is 30.9. The smallest absolute Gasteiger partial charge is 0.342 e. The number of benzene rings is 2. The van der Waals surface area contributed by atoms with E-state index in [0.29, 0.717) is 12.2 Å². The lowest BCUT2D eigenvalue weighted by Crippen LogP contribution is -2.12. The second kappa shape index (κ2) is 7.70. The Hall–Kier alpha value is -3.02. The van der Waals surface area contributed by atoms with Crippen LogP contribution in [-0.2, 0) is 11.3 Å². The predicted octanol–water partition coefficient (Wildman–Crippen LogP) is 4.02. The van der Waals surface area contributed by atoms with E-state index < -0.39 is 19.0 Å². The number of carbonyl (C=O) groups is 1. The minimum Gasteiger partial charge on any atom is -0.456 e. The van der Waals surface area contributed by atoms with Crippen molar-refractivity contribution in [3.8, 4) is 11.3 Å². The van der Waals surface area contributed by atoms with Gasteiger partial charge in [-0.2, -0.15) is 5.10 Å². The van der Waals surface area contributed by atoms with Crippen molar-refractivity contribution in [2.24, 2.45) is 0 Å². The Morgan fingerprint density at radius 1 is 1.04 bits per heavy atom. The van der Waals surface area contributed by atoms with Gasteiger partial charge >= 0.3 is 5.97 Å². The Morgan fingerprint density at radius 3 is 2.32 bits per heavy atom. The minimum absolute atomic E-state index is 0.169. The summed E-state index contributed by atoms with van der Waals surface area (Å²) in [6, 6.07) is 18.7. The van der Waals surface area contributed by atoms with Gasteiger partial charge in [-0.3, -0.25) is 4.68 Å². The van der Waals surface area contributed by atoms with Gasteiger partial charge in [-0.05, 0) is 5.56 Å². The zero-order chi connectivity index (χ0) is 17.6. The third kappa shape index (κ3) is 4.29. The minimum atomic E-state index is -2.71. The van der Waals surface area contributed by atoms with Gasteiger partial charge in [0.05, 0.1) is 6.54 Å². The van der Waals surface area contributed by atoms with Gasteiger partial charge < -0.3 is 4.74 Å². The summed E-state index contributed by atoms with van der Waals surface area (Å²) >= 11 is 0. The van der Waals surface area contributed by atoms with Crippen LogP contribution < -0.4 is 0 Å². The van der Waals surface area contributed by atoms with Crippen LogP contribution in [0.15, 0.2) is 66.9 Å². The molecule has 0 N–H and O–H groups in total. The Balaban J connectivity index is 1.92. The number of esters is 1. The standard InChI is InChI=1S/C19H16F2N2O2/c20-17(21)13-25-19(24)16-12-23(11-14-7-3-1-4-8-14)22-18(16)15-9-5-2-6-10-15/h1-10,12,17H,11,13H2. The molecule has 3 aromatic rings. The highest BCUT2D eigenvalue weighted by Gasteiger charge is 2.20. The summed E-state index contributed by atoms with van der Waals surface area (Å²) in [7, 11) is 0. The molecule has 1 aromatic heterocycles. The molecule has 0 atom stereocenters. The number of hydrogen-bond acceptors (Lipinski definition) is 3. The average Bonchev–Trinajstić information content (AvgIpc) is 3.05. The molecule has 0 radical (unpaired) electrons. The van der Waals surface area contributed by atoms with Gasteiger partial charge in [0.2, 0.25) is 0 Å². The summed E-state index contributed by atoms with van der Waals surface area (Å²) in [6.07, 6.45) is -1.17. The number of alkyl halides is 2. The van der Waals surface area contributed by atoms with Crippen molar-refractivity contribution in [2.75, 3.05) is 6.61 Å². The molecule has 0 unspecified atom stereocenters. The van der Waals surface area contributed by atoms with Crippen LogP contribution in [0, 0.1) is 0 Å². The van der Waals surface area contributed by atoms with Crippen LogP contribution in [-0.4, -0.2) is 28.8 Å². The number of halogens is 2. The van der Waals surface area contributed by atoms with Crippen molar-refractivity contribution in [1.29, 1.82) is 0 Å². The highest BCUT2D eigenvalue weighted by Crippen LogP contribution is 2.23. The van der Waals surface area contributed by atoms with Crippen molar-refractivity contribution < 1.29 is 18.3 Å². The molecule has 128 valence electrons. The molecule has 6 heteroatoms. The van der Waals surface area contributed by atoms with E-state index in [4.69, 9.17) is 0 Å². The monoisotopic (exact) mass is 342 g/mol. The number of hydrogen-bond donors (Lipinski definition) is 0. The highest BCUT2D eigenvalue weighted by atomic mass is 19.3. The third-order valence-corrected chi connectivity index (χ3v) is 3.56. The summed E-state index contributed by atoms with van der Waals surface area (Å²) in [5.74, 6) is -0.807. The van der Waals surface area contributed by atoms with Crippen molar-refractivity contribution >= 4 is 5.97 Å². The van der Waals surface area contributed by atoms with Crippen LogP contribution in [0.4, 0.5) is 8.78 Å². The average molecular weight is 342 g/mol. The quantitative estimate of drug-likeness (QED) is 0.636. The Morgan fingerprint density at radius 2 is 1.68 bits per heavy atom. The van der Waals surface area contributed by atoms with Crippen LogP contribution in [0.1, 0.15) is 15.9 Å². The summed E-state index contributed by atoms with van der Waals surface area (Å²) in [5.41, 5.74) is 2.31. The molecule has 0 saturated heterocycles. The van der Waals surface area contributed by atoms with Crippen LogP contribution in [0.5, 0.6) is 0 Å². The largest absolute Gasteiger partial charge is 0.456 e. The zero-order valence-corrected chi connectivity index (χ0v) is 13.3. The van der Waals surface area contributed by atoms with E-state index in [0.717, 1.165) is 11.1 Å². The molecule has 4 nitrogen and oxygen atoms in total. The number of nitrogens with zero attached hydrogens (tertiary/aromatic N) is 2. The van der Waals surface area contributed by atoms with E-state index in [1.54, 1.807) is 16.8 Å². The third-order valence-electron chi connectivity index (χ3n) is 3.56. The molecule has 0 spiro atoms. The van der Waals surface area contributed by atoms with Gasteiger partial charge in [0, 0.05) is 11.8 Å². The molecular formula is C19H16F2N2O2. The Labute approximate surface area is 143 Å². The normalized spacial score (nSPS) is 10.8. The Bertz CT molecular complexity index is 833. The lowest BCUT2D eigenvalue weighted by molar-refractivity contribution is 0.0160. The van der Waals surface area contributed by atoms with Crippen molar-refractivity contribution in [1.82, 2.24) is 9.78 Å². The van der Waals surface area contributed by atoms with E-state index in [1.165, 1.54) is 6.20 Å². The molecule has 0 saturated carbocycles. The van der Waals surface area contributed by atoms with Gasteiger partial charge in [-0.1, -0.05) is 60.7 Å². The Kier molecular flexibility index (Phi) is 5.18. The fourth-order valence-corrected chi connectivity index (χ4v) is 2.45. The SMILES string of the molecule is O=C(OCC(F)F)c1cn(Cc2ccccc2)nc1-c1ccccc1. The highest BCUT2D eigenvalue weighted by molar-refractivity contribution is 5.96. The predicted molar refractivity (Wildman–Crippen MR) is 89.5 cm³/mol. The molecule has 0 bridgehead atoms. The van der Waals surface area contributed by atoms with Gasteiger partial charge in [0.15, 0.2) is 6.61 Å². The molecule has 25 heavy (non-hydrogen) atoms.